The Hall–Kier alpha value is -3.85. The lowest BCUT2D eigenvalue weighted by molar-refractivity contribution is -0.140. The number of sulfonamides is 1. The summed E-state index contributed by atoms with van der Waals surface area (Å²) in [5.41, 5.74) is 2.95. The van der Waals surface area contributed by atoms with Gasteiger partial charge in [0.1, 0.15) is 12.6 Å². The van der Waals surface area contributed by atoms with Crippen LogP contribution in [0.2, 0.25) is 10.0 Å². The van der Waals surface area contributed by atoms with Crippen LogP contribution in [0.3, 0.4) is 0 Å². The zero-order valence-corrected chi connectivity index (χ0v) is 28.6. The average Bonchev–Trinajstić information content (AvgIpc) is 3.06. The molecule has 1 fully saturated rings. The third-order valence-corrected chi connectivity index (χ3v) is 10.7. The van der Waals surface area contributed by atoms with Crippen LogP contribution in [0.1, 0.15) is 48.8 Å². The van der Waals surface area contributed by atoms with Gasteiger partial charge in [-0.25, -0.2) is 8.42 Å². The Bertz CT molecular complexity index is 1780. The fourth-order valence-corrected chi connectivity index (χ4v) is 7.72. The van der Waals surface area contributed by atoms with Gasteiger partial charge in [-0.2, -0.15) is 0 Å². The van der Waals surface area contributed by atoms with Gasteiger partial charge >= 0.3 is 0 Å². The Kier molecular flexibility index (Phi) is 11.6. The second-order valence-electron chi connectivity index (χ2n) is 12.0. The molecule has 1 atom stereocenters. The van der Waals surface area contributed by atoms with Crippen LogP contribution in [0.15, 0.2) is 108 Å². The van der Waals surface area contributed by atoms with E-state index in [0.29, 0.717) is 10.0 Å². The Morgan fingerprint density at radius 2 is 1.49 bits per heavy atom. The van der Waals surface area contributed by atoms with Crippen LogP contribution in [0.5, 0.6) is 0 Å². The summed E-state index contributed by atoms with van der Waals surface area (Å²) in [5.74, 6) is -0.777. The largest absolute Gasteiger partial charge is 0.352 e. The van der Waals surface area contributed by atoms with Gasteiger partial charge in [0.15, 0.2) is 0 Å². The summed E-state index contributed by atoms with van der Waals surface area (Å²) in [7, 11) is -4.26. The molecule has 0 bridgehead atoms. The molecule has 1 aliphatic rings. The van der Waals surface area contributed by atoms with E-state index in [1.807, 2.05) is 61.5 Å². The van der Waals surface area contributed by atoms with E-state index in [2.05, 4.69) is 5.32 Å². The minimum Gasteiger partial charge on any atom is -0.352 e. The number of rotatable bonds is 12. The molecule has 1 unspecified atom stereocenters. The second kappa shape index (κ2) is 15.8. The van der Waals surface area contributed by atoms with Gasteiger partial charge in [-0.15, -0.1) is 0 Å². The highest BCUT2D eigenvalue weighted by molar-refractivity contribution is 7.92. The Balaban J connectivity index is 1.56. The summed E-state index contributed by atoms with van der Waals surface area (Å²) in [5, 5.41) is 3.93. The number of aryl methyl sites for hydroxylation is 1. The normalized spacial score (nSPS) is 14.3. The molecule has 4 aromatic rings. The molecule has 0 spiro atoms. The molecule has 47 heavy (non-hydrogen) atoms. The lowest BCUT2D eigenvalue weighted by Crippen LogP contribution is -2.55. The molecule has 5 rings (SSSR count). The molecule has 0 aromatic heterocycles. The zero-order chi connectivity index (χ0) is 33.4. The number of benzene rings is 4. The van der Waals surface area contributed by atoms with E-state index in [-0.39, 0.29) is 35.5 Å². The molecule has 1 saturated carbocycles. The van der Waals surface area contributed by atoms with Crippen molar-refractivity contribution in [2.45, 2.75) is 69.0 Å². The third kappa shape index (κ3) is 9.15. The molecule has 246 valence electrons. The van der Waals surface area contributed by atoms with Crippen LogP contribution in [-0.4, -0.2) is 43.8 Å². The lowest BCUT2D eigenvalue weighted by Gasteiger charge is -2.35. The maximum atomic E-state index is 14.6. The van der Waals surface area contributed by atoms with Crippen LogP contribution in [0, 0.1) is 6.92 Å². The molecule has 2 amide bonds. The summed E-state index contributed by atoms with van der Waals surface area (Å²) >= 11 is 12.4. The maximum absolute atomic E-state index is 14.6. The summed E-state index contributed by atoms with van der Waals surface area (Å²) in [6, 6.07) is 28.6. The number of nitrogens with one attached hydrogen (secondary N) is 1. The molecule has 0 saturated heterocycles. The van der Waals surface area contributed by atoms with E-state index in [9.17, 15) is 18.0 Å². The maximum Gasteiger partial charge on any atom is 0.264 e. The molecule has 0 radical (unpaired) electrons. The molecule has 10 heteroatoms. The Morgan fingerprint density at radius 3 is 2.17 bits per heavy atom. The Morgan fingerprint density at radius 1 is 0.809 bits per heavy atom. The van der Waals surface area contributed by atoms with Crippen LogP contribution in [-0.2, 0) is 32.6 Å². The molecule has 1 N–H and O–H groups in total. The van der Waals surface area contributed by atoms with Crippen molar-refractivity contribution >= 4 is 50.7 Å². The highest BCUT2D eigenvalue weighted by atomic mass is 35.5. The number of hydrogen-bond acceptors (Lipinski definition) is 4. The fraction of sp³-hybridized carbons (Fsp3) is 0.297. The minimum atomic E-state index is -4.26. The van der Waals surface area contributed by atoms with E-state index in [1.54, 1.807) is 18.2 Å². The first-order valence-electron chi connectivity index (χ1n) is 15.8. The summed E-state index contributed by atoms with van der Waals surface area (Å²) in [4.78, 5) is 30.3. The molecule has 1 aliphatic carbocycles. The number of anilines is 1. The van der Waals surface area contributed by atoms with Crippen molar-refractivity contribution in [1.82, 2.24) is 10.2 Å². The van der Waals surface area contributed by atoms with Gasteiger partial charge in [0.2, 0.25) is 11.8 Å². The quantitative estimate of drug-likeness (QED) is 0.166. The number of carbonyl (C=O) groups excluding carboxylic acids is 2. The first-order valence-corrected chi connectivity index (χ1v) is 18.0. The SMILES string of the molecule is Cc1cccc(CN(C(=O)CN(c2cccc(Cl)c2)S(=O)(=O)c2ccc(Cl)cc2)C(Cc2ccccc2)C(=O)NC2CCCCC2)c1. The van der Waals surface area contributed by atoms with Crippen LogP contribution in [0.25, 0.3) is 0 Å². The second-order valence-corrected chi connectivity index (χ2v) is 14.7. The van der Waals surface area contributed by atoms with Gasteiger partial charge in [0, 0.05) is 29.1 Å². The van der Waals surface area contributed by atoms with Crippen molar-refractivity contribution in [2.75, 3.05) is 10.8 Å². The van der Waals surface area contributed by atoms with E-state index in [1.165, 1.54) is 35.2 Å². The number of hydrogen-bond donors (Lipinski definition) is 1. The highest BCUT2D eigenvalue weighted by Gasteiger charge is 2.35. The van der Waals surface area contributed by atoms with E-state index in [0.717, 1.165) is 53.1 Å². The molecule has 7 nitrogen and oxygen atoms in total. The van der Waals surface area contributed by atoms with Crippen molar-refractivity contribution in [1.29, 1.82) is 0 Å². The van der Waals surface area contributed by atoms with Crippen LogP contribution in [0.4, 0.5) is 5.69 Å². The van der Waals surface area contributed by atoms with Crippen LogP contribution >= 0.6 is 23.2 Å². The van der Waals surface area contributed by atoms with Crippen LogP contribution < -0.4 is 9.62 Å². The third-order valence-electron chi connectivity index (χ3n) is 8.43. The molecular formula is C37H39Cl2N3O4S. The summed E-state index contributed by atoms with van der Waals surface area (Å²) < 4.78 is 29.4. The van der Waals surface area contributed by atoms with Crippen molar-refractivity contribution in [3.05, 3.63) is 130 Å². The van der Waals surface area contributed by atoms with Crippen molar-refractivity contribution in [3.63, 3.8) is 0 Å². The Labute approximate surface area is 287 Å². The number of carbonyl (C=O) groups is 2. The molecular weight excluding hydrogens is 653 g/mol. The summed E-state index contributed by atoms with van der Waals surface area (Å²) in [6.07, 6.45) is 5.25. The van der Waals surface area contributed by atoms with Gasteiger partial charge < -0.3 is 10.2 Å². The zero-order valence-electron chi connectivity index (χ0n) is 26.3. The van der Waals surface area contributed by atoms with Crippen molar-refractivity contribution in [3.8, 4) is 0 Å². The topological polar surface area (TPSA) is 86.8 Å². The lowest BCUT2D eigenvalue weighted by atomic mass is 9.94. The van der Waals surface area contributed by atoms with E-state index >= 15 is 0 Å². The van der Waals surface area contributed by atoms with E-state index in [4.69, 9.17) is 23.2 Å². The van der Waals surface area contributed by atoms with Crippen molar-refractivity contribution in [2.24, 2.45) is 0 Å². The van der Waals surface area contributed by atoms with Crippen molar-refractivity contribution < 1.29 is 18.0 Å². The number of halogens is 2. The van der Waals surface area contributed by atoms with Gasteiger partial charge in [0.05, 0.1) is 10.6 Å². The van der Waals surface area contributed by atoms with Gasteiger partial charge in [0.25, 0.3) is 10.0 Å². The fourth-order valence-electron chi connectivity index (χ4n) is 6.00. The van der Waals surface area contributed by atoms with Gasteiger partial charge in [-0.1, -0.05) is 109 Å². The standard InChI is InChI=1S/C37H39Cl2N3O4S/c1-27-10-8-13-29(22-27)25-41(35(23-28-11-4-2-5-12-28)37(44)40-32-15-6-3-7-16-32)36(43)26-42(33-17-9-14-31(39)24-33)47(45,46)34-20-18-30(38)19-21-34/h2,4-5,8-14,17-22,24,32,35H,3,6-7,15-16,23,25-26H2,1H3,(H,40,44). The molecule has 0 aliphatic heterocycles. The van der Waals surface area contributed by atoms with Gasteiger partial charge in [-0.05, 0) is 73.4 Å². The smallest absolute Gasteiger partial charge is 0.264 e. The first kappa shape index (κ1) is 34.5. The van der Waals surface area contributed by atoms with Gasteiger partial charge in [-0.3, -0.25) is 13.9 Å². The first-order chi connectivity index (χ1) is 22.6. The molecule has 0 heterocycles. The molecule has 4 aromatic carbocycles. The monoisotopic (exact) mass is 691 g/mol. The predicted octanol–water partition coefficient (Wildman–Crippen LogP) is 7.59. The highest BCUT2D eigenvalue weighted by Crippen LogP contribution is 2.28. The predicted molar refractivity (Wildman–Crippen MR) is 188 cm³/mol. The number of nitrogens with zero attached hydrogens (tertiary/aromatic N) is 2. The number of amides is 2. The summed E-state index contributed by atoms with van der Waals surface area (Å²) in [6.45, 7) is 1.52. The van der Waals surface area contributed by atoms with E-state index < -0.39 is 28.5 Å². The minimum absolute atomic E-state index is 0.0266. The average molecular weight is 693 g/mol.